The Labute approximate surface area is 258 Å². The fourth-order valence-corrected chi connectivity index (χ4v) is 7.40. The quantitative estimate of drug-likeness (QED) is 0.206. The number of para-hydroxylation sites is 6. The van der Waals surface area contributed by atoms with Crippen molar-refractivity contribution in [3.63, 3.8) is 0 Å². The predicted molar refractivity (Wildman–Crippen MR) is 187 cm³/mol. The third kappa shape index (κ3) is 3.34. The number of rotatable bonds is 3. The SMILES string of the molecule is c1ccc(-n2c(-n3c4ccccc4c4c5c(ccc6c5c5ccccc5n6-c5ccccc5)ccc43)nc3ccccc32)cc1. The van der Waals surface area contributed by atoms with Gasteiger partial charge in [-0.25, -0.2) is 4.98 Å². The summed E-state index contributed by atoms with van der Waals surface area (Å²) in [5.41, 5.74) is 8.98. The Morgan fingerprint density at radius 1 is 0.333 bits per heavy atom. The first kappa shape index (κ1) is 24.3. The minimum absolute atomic E-state index is 0.881. The Morgan fingerprint density at radius 3 is 1.47 bits per heavy atom. The Morgan fingerprint density at radius 2 is 0.822 bits per heavy atom. The second-order valence-electron chi connectivity index (χ2n) is 11.6. The van der Waals surface area contributed by atoms with E-state index in [1.54, 1.807) is 0 Å². The molecule has 3 aromatic heterocycles. The van der Waals surface area contributed by atoms with Gasteiger partial charge in [0.05, 0.1) is 33.1 Å². The number of fused-ring (bicyclic) bond motifs is 10. The van der Waals surface area contributed by atoms with E-state index < -0.39 is 0 Å². The maximum atomic E-state index is 5.29. The number of aromatic nitrogens is 4. The summed E-state index contributed by atoms with van der Waals surface area (Å²) in [5.74, 6) is 0.881. The fourth-order valence-electron chi connectivity index (χ4n) is 7.40. The molecular formula is C41H26N4. The lowest BCUT2D eigenvalue weighted by atomic mass is 9.98. The zero-order valence-corrected chi connectivity index (χ0v) is 24.3. The van der Waals surface area contributed by atoms with Crippen LogP contribution in [0.2, 0.25) is 0 Å². The highest BCUT2D eigenvalue weighted by Gasteiger charge is 2.23. The van der Waals surface area contributed by atoms with E-state index in [4.69, 9.17) is 4.98 Å². The zero-order valence-electron chi connectivity index (χ0n) is 24.3. The normalized spacial score (nSPS) is 12.0. The minimum atomic E-state index is 0.881. The van der Waals surface area contributed by atoms with Crippen molar-refractivity contribution < 1.29 is 0 Å². The van der Waals surface area contributed by atoms with Crippen LogP contribution in [0.5, 0.6) is 0 Å². The lowest BCUT2D eigenvalue weighted by Gasteiger charge is -2.12. The molecule has 0 fully saturated rings. The van der Waals surface area contributed by atoms with Crippen LogP contribution in [0.25, 0.3) is 82.7 Å². The number of hydrogen-bond acceptors (Lipinski definition) is 1. The molecule has 0 bridgehead atoms. The van der Waals surface area contributed by atoms with Crippen LogP contribution < -0.4 is 0 Å². The van der Waals surface area contributed by atoms with E-state index in [-0.39, 0.29) is 0 Å². The van der Waals surface area contributed by atoms with Crippen LogP contribution in [0.1, 0.15) is 0 Å². The summed E-state index contributed by atoms with van der Waals surface area (Å²) in [7, 11) is 0. The molecule has 0 saturated carbocycles. The van der Waals surface area contributed by atoms with Gasteiger partial charge in [0.15, 0.2) is 0 Å². The Bertz CT molecular complexity index is 2750. The predicted octanol–water partition coefficient (Wildman–Crippen LogP) is 10.4. The Kier molecular flexibility index (Phi) is 4.96. The molecule has 10 rings (SSSR count). The summed E-state index contributed by atoms with van der Waals surface area (Å²) in [4.78, 5) is 5.29. The maximum Gasteiger partial charge on any atom is 0.220 e. The van der Waals surface area contributed by atoms with Crippen molar-refractivity contribution in [2.75, 3.05) is 0 Å². The van der Waals surface area contributed by atoms with Gasteiger partial charge in [-0.05, 0) is 66.0 Å². The smallest absolute Gasteiger partial charge is 0.220 e. The van der Waals surface area contributed by atoms with Crippen molar-refractivity contribution in [1.82, 2.24) is 18.7 Å². The average molecular weight is 575 g/mol. The van der Waals surface area contributed by atoms with E-state index in [1.807, 2.05) is 0 Å². The number of nitrogens with zero attached hydrogens (tertiary/aromatic N) is 4. The first-order chi connectivity index (χ1) is 22.4. The van der Waals surface area contributed by atoms with E-state index in [2.05, 4.69) is 171 Å². The molecule has 0 atom stereocenters. The first-order valence-corrected chi connectivity index (χ1v) is 15.3. The number of benzene rings is 7. The van der Waals surface area contributed by atoms with Crippen molar-refractivity contribution in [3.05, 3.63) is 158 Å². The van der Waals surface area contributed by atoms with Gasteiger partial charge in [0.25, 0.3) is 0 Å². The second-order valence-corrected chi connectivity index (χ2v) is 11.6. The molecule has 4 heteroatoms. The van der Waals surface area contributed by atoms with Crippen molar-refractivity contribution >= 4 is 65.4 Å². The van der Waals surface area contributed by atoms with Crippen LogP contribution in [0.3, 0.4) is 0 Å². The summed E-state index contributed by atoms with van der Waals surface area (Å²) < 4.78 is 7.04. The van der Waals surface area contributed by atoms with Crippen LogP contribution in [0.4, 0.5) is 0 Å². The molecule has 0 aliphatic carbocycles. The van der Waals surface area contributed by atoms with Gasteiger partial charge in [0.1, 0.15) is 0 Å². The molecule has 0 amide bonds. The summed E-state index contributed by atoms with van der Waals surface area (Å²) in [6, 6.07) is 56.3. The van der Waals surface area contributed by atoms with Crippen LogP contribution in [-0.2, 0) is 0 Å². The van der Waals surface area contributed by atoms with E-state index >= 15 is 0 Å². The van der Waals surface area contributed by atoms with E-state index in [0.717, 1.165) is 39.4 Å². The largest absolute Gasteiger partial charge is 0.309 e. The lowest BCUT2D eigenvalue weighted by molar-refractivity contribution is 0.956. The summed E-state index contributed by atoms with van der Waals surface area (Å²) >= 11 is 0. The highest BCUT2D eigenvalue weighted by molar-refractivity contribution is 6.33. The van der Waals surface area contributed by atoms with Crippen molar-refractivity contribution in [1.29, 1.82) is 0 Å². The lowest BCUT2D eigenvalue weighted by Crippen LogP contribution is -2.05. The third-order valence-electron chi connectivity index (χ3n) is 9.22. The maximum absolute atomic E-state index is 5.29. The molecule has 0 aliphatic rings. The molecule has 0 radical (unpaired) electrons. The summed E-state index contributed by atoms with van der Waals surface area (Å²) in [5, 5.41) is 7.49. The molecule has 10 aromatic rings. The summed E-state index contributed by atoms with van der Waals surface area (Å²) in [6.07, 6.45) is 0. The van der Waals surface area contributed by atoms with Crippen LogP contribution >= 0.6 is 0 Å². The van der Waals surface area contributed by atoms with Gasteiger partial charge in [0, 0.05) is 38.3 Å². The van der Waals surface area contributed by atoms with Gasteiger partial charge >= 0.3 is 0 Å². The molecule has 0 unspecified atom stereocenters. The summed E-state index contributed by atoms with van der Waals surface area (Å²) in [6.45, 7) is 0. The van der Waals surface area contributed by atoms with Crippen LogP contribution in [0.15, 0.2) is 158 Å². The van der Waals surface area contributed by atoms with Gasteiger partial charge < -0.3 is 4.57 Å². The highest BCUT2D eigenvalue weighted by atomic mass is 15.2. The van der Waals surface area contributed by atoms with E-state index in [0.29, 0.717) is 0 Å². The third-order valence-corrected chi connectivity index (χ3v) is 9.22. The second kappa shape index (κ2) is 9.18. The van der Waals surface area contributed by atoms with Crippen molar-refractivity contribution in [2.24, 2.45) is 0 Å². The van der Waals surface area contributed by atoms with Gasteiger partial charge in [-0.2, -0.15) is 0 Å². The molecule has 4 nitrogen and oxygen atoms in total. The van der Waals surface area contributed by atoms with Crippen LogP contribution in [0, 0.1) is 0 Å². The zero-order chi connectivity index (χ0) is 29.5. The molecule has 45 heavy (non-hydrogen) atoms. The molecular weight excluding hydrogens is 548 g/mol. The standard InChI is InChI=1S/C41H26N4/c1-3-13-28(14-4-1)43-33-20-10-7-17-30(33)39-36(43)25-23-27-24-26-37-40(38(27)39)31-18-8-11-21-34(31)45(37)41-42-32-19-9-12-22-35(32)44(41)29-15-5-2-6-16-29/h1-26H. The first-order valence-electron chi connectivity index (χ1n) is 15.3. The Balaban J connectivity index is 1.41. The Hall–Kier alpha value is -6.13. The average Bonchev–Trinajstić information content (AvgIpc) is 3.76. The van der Waals surface area contributed by atoms with E-state index in [1.165, 1.54) is 43.4 Å². The monoisotopic (exact) mass is 574 g/mol. The van der Waals surface area contributed by atoms with Gasteiger partial charge in [-0.15, -0.1) is 0 Å². The molecule has 0 N–H and O–H groups in total. The highest BCUT2D eigenvalue weighted by Crippen LogP contribution is 2.44. The minimum Gasteiger partial charge on any atom is -0.309 e. The molecule has 7 aromatic carbocycles. The molecule has 0 spiro atoms. The fraction of sp³-hybridized carbons (Fsp3) is 0. The molecule has 210 valence electrons. The molecule has 3 heterocycles. The van der Waals surface area contributed by atoms with Gasteiger partial charge in [-0.3, -0.25) is 9.13 Å². The number of hydrogen-bond donors (Lipinski definition) is 0. The van der Waals surface area contributed by atoms with Gasteiger partial charge in [-0.1, -0.05) is 97.1 Å². The van der Waals surface area contributed by atoms with Gasteiger partial charge in [0.2, 0.25) is 5.95 Å². The molecule has 0 aliphatic heterocycles. The van der Waals surface area contributed by atoms with Crippen molar-refractivity contribution in [2.45, 2.75) is 0 Å². The van der Waals surface area contributed by atoms with Crippen LogP contribution in [-0.4, -0.2) is 18.7 Å². The topological polar surface area (TPSA) is 27.7 Å². The number of imidazole rings is 1. The van der Waals surface area contributed by atoms with Crippen molar-refractivity contribution in [3.8, 4) is 17.3 Å². The van der Waals surface area contributed by atoms with E-state index in [9.17, 15) is 0 Å². The molecule has 0 saturated heterocycles.